The summed E-state index contributed by atoms with van der Waals surface area (Å²) < 4.78 is 5.17. The fourth-order valence-corrected chi connectivity index (χ4v) is 1.22. The van der Waals surface area contributed by atoms with Crippen molar-refractivity contribution in [3.05, 3.63) is 13.2 Å². The molecule has 1 aromatic heterocycles. The van der Waals surface area contributed by atoms with Crippen LogP contribution in [-0.4, -0.2) is 41.5 Å². The second kappa shape index (κ2) is 6.48. The van der Waals surface area contributed by atoms with Crippen molar-refractivity contribution < 1.29 is 4.74 Å². The van der Waals surface area contributed by atoms with Crippen molar-refractivity contribution in [2.45, 2.75) is 0 Å². The molecule has 0 unspecified atom stereocenters. The SMILES string of the molecule is C=C.Nc1n[nH]c(N)c1N=NN1CCOCC1. The van der Waals surface area contributed by atoms with E-state index in [0.29, 0.717) is 24.7 Å². The molecular weight excluding hydrogens is 222 g/mol. The largest absolute Gasteiger partial charge is 0.382 e. The van der Waals surface area contributed by atoms with E-state index in [0.717, 1.165) is 13.1 Å². The molecular formula is C9H17N7O. The molecule has 0 amide bonds. The van der Waals surface area contributed by atoms with Gasteiger partial charge in [0.25, 0.3) is 0 Å². The first-order valence-electron chi connectivity index (χ1n) is 5.11. The zero-order valence-electron chi connectivity index (χ0n) is 9.59. The second-order valence-corrected chi connectivity index (χ2v) is 3.13. The van der Waals surface area contributed by atoms with Gasteiger partial charge in [-0.3, -0.25) is 10.1 Å². The van der Waals surface area contributed by atoms with Crippen LogP contribution in [0.25, 0.3) is 0 Å². The van der Waals surface area contributed by atoms with Crippen LogP contribution in [0, 0.1) is 0 Å². The van der Waals surface area contributed by atoms with E-state index >= 15 is 0 Å². The van der Waals surface area contributed by atoms with Gasteiger partial charge in [0.1, 0.15) is 5.82 Å². The van der Waals surface area contributed by atoms with E-state index in [1.54, 1.807) is 5.01 Å². The third kappa shape index (κ3) is 3.45. The maximum atomic E-state index is 5.56. The standard InChI is InChI=1S/C7H13N7O.C2H4/c8-6-5(7(9)12-11-6)10-13-14-1-3-15-4-2-14;1-2/h1-4H2,(H5,8,9,11,12);1-2H2. The third-order valence-electron chi connectivity index (χ3n) is 2.05. The molecule has 1 fully saturated rings. The minimum atomic E-state index is 0.254. The fourth-order valence-electron chi connectivity index (χ4n) is 1.22. The number of nitrogen functional groups attached to an aromatic ring is 2. The van der Waals surface area contributed by atoms with Crippen molar-refractivity contribution >= 4 is 17.3 Å². The quantitative estimate of drug-likeness (QED) is 0.518. The Morgan fingerprint density at radius 3 is 2.47 bits per heavy atom. The third-order valence-corrected chi connectivity index (χ3v) is 2.05. The summed E-state index contributed by atoms with van der Waals surface area (Å²) in [5.74, 6) is 0.578. The topological polar surface area (TPSA) is 118 Å². The predicted octanol–water partition coefficient (Wildman–Crippen LogP) is 0.707. The second-order valence-electron chi connectivity index (χ2n) is 3.13. The number of rotatable bonds is 2. The van der Waals surface area contributed by atoms with Crippen LogP contribution in [0.2, 0.25) is 0 Å². The molecule has 1 aliphatic rings. The summed E-state index contributed by atoms with van der Waals surface area (Å²) >= 11 is 0. The molecule has 8 heteroatoms. The molecule has 1 saturated heterocycles. The lowest BCUT2D eigenvalue weighted by Gasteiger charge is -2.22. The van der Waals surface area contributed by atoms with Crippen molar-refractivity contribution in [2.75, 3.05) is 37.8 Å². The van der Waals surface area contributed by atoms with E-state index in [4.69, 9.17) is 16.2 Å². The van der Waals surface area contributed by atoms with E-state index < -0.39 is 0 Å². The first-order valence-corrected chi connectivity index (χ1v) is 5.11. The zero-order valence-corrected chi connectivity index (χ0v) is 9.59. The zero-order chi connectivity index (χ0) is 12.7. The van der Waals surface area contributed by atoms with Crippen molar-refractivity contribution in [1.82, 2.24) is 15.2 Å². The highest BCUT2D eigenvalue weighted by Gasteiger charge is 2.10. The van der Waals surface area contributed by atoms with Gasteiger partial charge in [0, 0.05) is 0 Å². The summed E-state index contributed by atoms with van der Waals surface area (Å²) in [6.45, 7) is 8.77. The van der Waals surface area contributed by atoms with Gasteiger partial charge >= 0.3 is 0 Å². The molecule has 0 aromatic carbocycles. The van der Waals surface area contributed by atoms with Gasteiger partial charge in [0.15, 0.2) is 11.5 Å². The molecule has 0 bridgehead atoms. The molecule has 0 atom stereocenters. The number of nitrogens with two attached hydrogens (primary N) is 2. The van der Waals surface area contributed by atoms with Crippen LogP contribution in [0.4, 0.5) is 17.3 Å². The Morgan fingerprint density at radius 2 is 1.94 bits per heavy atom. The van der Waals surface area contributed by atoms with Crippen molar-refractivity contribution in [2.24, 2.45) is 10.3 Å². The number of ether oxygens (including phenoxy) is 1. The monoisotopic (exact) mass is 239 g/mol. The van der Waals surface area contributed by atoms with Crippen LogP contribution in [0.15, 0.2) is 23.5 Å². The van der Waals surface area contributed by atoms with E-state index in [2.05, 4.69) is 33.7 Å². The number of morpholine rings is 1. The Balaban J connectivity index is 0.000000686. The van der Waals surface area contributed by atoms with Gasteiger partial charge in [-0.15, -0.1) is 18.3 Å². The van der Waals surface area contributed by atoms with Crippen molar-refractivity contribution in [3.63, 3.8) is 0 Å². The van der Waals surface area contributed by atoms with Gasteiger partial charge < -0.3 is 16.2 Å². The normalized spacial score (nSPS) is 15.6. The molecule has 0 saturated carbocycles. The summed E-state index contributed by atoms with van der Waals surface area (Å²) in [7, 11) is 0. The van der Waals surface area contributed by atoms with Gasteiger partial charge in [-0.05, 0) is 0 Å². The average molecular weight is 239 g/mol. The first-order chi connectivity index (χ1) is 8.27. The highest BCUT2D eigenvalue weighted by atomic mass is 16.5. The fraction of sp³-hybridized carbons (Fsp3) is 0.444. The summed E-state index contributed by atoms with van der Waals surface area (Å²) in [6.07, 6.45) is 0. The average Bonchev–Trinajstić information content (AvgIpc) is 2.70. The number of hydrogen-bond donors (Lipinski definition) is 3. The highest BCUT2D eigenvalue weighted by molar-refractivity contribution is 5.69. The number of anilines is 2. The van der Waals surface area contributed by atoms with Crippen LogP contribution >= 0.6 is 0 Å². The predicted molar refractivity (Wildman–Crippen MR) is 65.6 cm³/mol. The van der Waals surface area contributed by atoms with Crippen LogP contribution in [0.5, 0.6) is 0 Å². The van der Waals surface area contributed by atoms with Gasteiger partial charge in [-0.1, -0.05) is 5.22 Å². The summed E-state index contributed by atoms with van der Waals surface area (Å²) in [6, 6.07) is 0. The molecule has 0 aliphatic carbocycles. The Bertz CT molecular complexity index is 350. The minimum Gasteiger partial charge on any atom is -0.382 e. The van der Waals surface area contributed by atoms with Crippen LogP contribution in [0.3, 0.4) is 0 Å². The number of hydrogen-bond acceptors (Lipinski definition) is 6. The number of H-pyrrole nitrogens is 1. The van der Waals surface area contributed by atoms with Gasteiger partial charge in [-0.2, -0.15) is 5.10 Å². The van der Waals surface area contributed by atoms with E-state index in [1.165, 1.54) is 0 Å². The van der Waals surface area contributed by atoms with Gasteiger partial charge in [0.05, 0.1) is 26.3 Å². The smallest absolute Gasteiger partial charge is 0.175 e. The molecule has 94 valence electrons. The molecule has 0 spiro atoms. The van der Waals surface area contributed by atoms with E-state index in [1.807, 2.05) is 0 Å². The molecule has 1 aromatic rings. The molecule has 8 nitrogen and oxygen atoms in total. The van der Waals surface area contributed by atoms with Gasteiger partial charge in [-0.25, -0.2) is 0 Å². The van der Waals surface area contributed by atoms with Crippen LogP contribution in [-0.2, 0) is 4.74 Å². The lowest BCUT2D eigenvalue weighted by Crippen LogP contribution is -2.31. The Kier molecular flexibility index (Phi) is 4.95. The Labute approximate surface area is 99.3 Å². The molecule has 0 radical (unpaired) electrons. The van der Waals surface area contributed by atoms with Crippen LogP contribution < -0.4 is 11.5 Å². The Morgan fingerprint density at radius 1 is 1.29 bits per heavy atom. The highest BCUT2D eigenvalue weighted by Crippen LogP contribution is 2.26. The Hall–Kier alpha value is -2.09. The first kappa shape index (κ1) is 13.0. The maximum absolute atomic E-state index is 5.56. The number of nitrogens with one attached hydrogen (secondary N) is 1. The van der Waals surface area contributed by atoms with Crippen molar-refractivity contribution in [3.8, 4) is 0 Å². The molecule has 17 heavy (non-hydrogen) atoms. The summed E-state index contributed by atoms with van der Waals surface area (Å²) in [5, 5.41) is 16.0. The molecule has 1 aliphatic heterocycles. The minimum absolute atomic E-state index is 0.254. The number of aromatic nitrogens is 2. The summed E-state index contributed by atoms with van der Waals surface area (Å²) in [5.41, 5.74) is 11.5. The number of nitrogens with zero attached hydrogens (tertiary/aromatic N) is 4. The van der Waals surface area contributed by atoms with E-state index in [-0.39, 0.29) is 5.82 Å². The number of aromatic amines is 1. The maximum Gasteiger partial charge on any atom is 0.175 e. The van der Waals surface area contributed by atoms with Gasteiger partial charge in [0.2, 0.25) is 0 Å². The van der Waals surface area contributed by atoms with Crippen LogP contribution in [0.1, 0.15) is 0 Å². The molecule has 2 heterocycles. The lowest BCUT2D eigenvalue weighted by atomic mass is 10.5. The van der Waals surface area contributed by atoms with Crippen molar-refractivity contribution in [1.29, 1.82) is 0 Å². The summed E-state index contributed by atoms with van der Waals surface area (Å²) in [4.78, 5) is 0. The molecule has 2 rings (SSSR count). The van der Waals surface area contributed by atoms with E-state index in [9.17, 15) is 0 Å². The molecule has 5 N–H and O–H groups in total. The lowest BCUT2D eigenvalue weighted by molar-refractivity contribution is 0.0354.